The van der Waals surface area contributed by atoms with E-state index < -0.39 is 0 Å². The summed E-state index contributed by atoms with van der Waals surface area (Å²) < 4.78 is 5.14. The zero-order chi connectivity index (χ0) is 12.4. The molecule has 0 atom stereocenters. The number of carbonyl (C=O) groups is 1. The summed E-state index contributed by atoms with van der Waals surface area (Å²) in [6.45, 7) is 0. The second-order valence-corrected chi connectivity index (χ2v) is 5.34. The Bertz CT molecular complexity index is 527. The summed E-state index contributed by atoms with van der Waals surface area (Å²) in [5, 5.41) is 10.7. The lowest BCUT2D eigenvalue weighted by molar-refractivity contribution is -0.119. The fraction of sp³-hybridized carbons (Fsp3) is 0.385. The van der Waals surface area contributed by atoms with E-state index >= 15 is 0 Å². The Hall–Kier alpha value is -1.62. The molecule has 1 aliphatic carbocycles. The Morgan fingerprint density at radius 2 is 2.28 bits per heavy atom. The molecule has 0 aromatic carbocycles. The summed E-state index contributed by atoms with van der Waals surface area (Å²) in [6.07, 6.45) is 4.26. The van der Waals surface area contributed by atoms with Crippen LogP contribution in [-0.4, -0.2) is 11.1 Å². The van der Waals surface area contributed by atoms with Crippen molar-refractivity contribution in [2.45, 2.75) is 25.7 Å². The molecular weight excluding hydrogens is 248 g/mol. The smallest absolute Gasteiger partial charge is 0.231 e. The van der Waals surface area contributed by atoms with Crippen LogP contribution < -0.4 is 5.32 Å². The summed E-state index contributed by atoms with van der Waals surface area (Å²) in [5.74, 6) is 0.633. The van der Waals surface area contributed by atoms with Crippen molar-refractivity contribution in [3.05, 3.63) is 22.9 Å². The van der Waals surface area contributed by atoms with Gasteiger partial charge in [-0.15, -0.1) is 0 Å². The van der Waals surface area contributed by atoms with Crippen LogP contribution in [0.5, 0.6) is 0 Å². The molecule has 1 aliphatic rings. The van der Waals surface area contributed by atoms with Gasteiger partial charge in [-0.2, -0.15) is 11.3 Å². The van der Waals surface area contributed by atoms with Gasteiger partial charge in [0.15, 0.2) is 0 Å². The highest BCUT2D eigenvalue weighted by Gasteiger charge is 2.23. The van der Waals surface area contributed by atoms with Crippen LogP contribution in [-0.2, 0) is 4.79 Å². The van der Waals surface area contributed by atoms with Crippen LogP contribution in [0.1, 0.15) is 25.7 Å². The van der Waals surface area contributed by atoms with Gasteiger partial charge in [0.1, 0.15) is 5.69 Å². The largest absolute Gasteiger partial charge is 0.338 e. The maximum absolute atomic E-state index is 11.9. The average molecular weight is 262 g/mol. The fourth-order valence-corrected chi connectivity index (χ4v) is 2.94. The van der Waals surface area contributed by atoms with Gasteiger partial charge < -0.3 is 4.52 Å². The van der Waals surface area contributed by atoms with Crippen molar-refractivity contribution in [1.82, 2.24) is 5.16 Å². The highest BCUT2D eigenvalue weighted by atomic mass is 32.1. The quantitative estimate of drug-likeness (QED) is 0.920. The Kier molecular flexibility index (Phi) is 3.15. The predicted molar refractivity (Wildman–Crippen MR) is 70.4 cm³/mol. The second kappa shape index (κ2) is 4.94. The summed E-state index contributed by atoms with van der Waals surface area (Å²) in [6, 6.07) is 3.75. The van der Waals surface area contributed by atoms with Crippen LogP contribution in [0.25, 0.3) is 11.3 Å². The molecule has 1 saturated carbocycles. The van der Waals surface area contributed by atoms with E-state index in [1.807, 2.05) is 16.8 Å². The molecule has 0 bridgehead atoms. The van der Waals surface area contributed by atoms with Gasteiger partial charge in [-0.05, 0) is 24.3 Å². The van der Waals surface area contributed by atoms with Crippen LogP contribution in [0, 0.1) is 5.92 Å². The van der Waals surface area contributed by atoms with E-state index in [0.29, 0.717) is 5.88 Å². The van der Waals surface area contributed by atoms with Crippen LogP contribution in [0.15, 0.2) is 27.4 Å². The third kappa shape index (κ3) is 2.31. The van der Waals surface area contributed by atoms with Crippen molar-refractivity contribution in [3.63, 3.8) is 0 Å². The molecule has 2 aromatic rings. The van der Waals surface area contributed by atoms with Crippen molar-refractivity contribution < 1.29 is 9.32 Å². The monoisotopic (exact) mass is 262 g/mol. The maximum atomic E-state index is 11.9. The highest BCUT2D eigenvalue weighted by Crippen LogP contribution is 2.27. The molecule has 1 N–H and O–H groups in total. The molecule has 0 saturated heterocycles. The average Bonchev–Trinajstić information content (AvgIpc) is 3.12. The number of thiophene rings is 1. The molecule has 5 heteroatoms. The van der Waals surface area contributed by atoms with E-state index in [4.69, 9.17) is 4.52 Å². The molecule has 1 fully saturated rings. The van der Waals surface area contributed by atoms with Crippen LogP contribution in [0.2, 0.25) is 0 Å². The molecule has 0 aliphatic heterocycles. The van der Waals surface area contributed by atoms with E-state index in [-0.39, 0.29) is 11.8 Å². The van der Waals surface area contributed by atoms with Gasteiger partial charge in [0, 0.05) is 22.9 Å². The summed E-state index contributed by atoms with van der Waals surface area (Å²) in [7, 11) is 0. The molecule has 0 unspecified atom stereocenters. The summed E-state index contributed by atoms with van der Waals surface area (Å²) >= 11 is 1.61. The first-order chi connectivity index (χ1) is 8.83. The number of hydrogen-bond acceptors (Lipinski definition) is 4. The number of aromatic nitrogens is 1. The third-order valence-electron chi connectivity index (χ3n) is 3.30. The number of anilines is 1. The topological polar surface area (TPSA) is 55.1 Å². The first-order valence-electron chi connectivity index (χ1n) is 6.13. The highest BCUT2D eigenvalue weighted by molar-refractivity contribution is 7.08. The maximum Gasteiger partial charge on any atom is 0.231 e. The minimum absolute atomic E-state index is 0.0560. The fourth-order valence-electron chi connectivity index (χ4n) is 2.29. The van der Waals surface area contributed by atoms with Gasteiger partial charge in [0.2, 0.25) is 11.8 Å². The molecule has 0 spiro atoms. The Morgan fingerprint density at radius 1 is 1.44 bits per heavy atom. The Labute approximate surface area is 109 Å². The third-order valence-corrected chi connectivity index (χ3v) is 3.98. The lowest BCUT2D eigenvalue weighted by Gasteiger charge is -2.06. The molecule has 2 aromatic heterocycles. The number of hydrogen-bond donors (Lipinski definition) is 1. The molecule has 1 amide bonds. The van der Waals surface area contributed by atoms with Gasteiger partial charge in [-0.3, -0.25) is 10.1 Å². The summed E-state index contributed by atoms with van der Waals surface area (Å²) in [4.78, 5) is 11.9. The SMILES string of the molecule is O=C(Nc1cc(-c2ccsc2)no1)C1CCCC1. The van der Waals surface area contributed by atoms with Gasteiger partial charge in [0.05, 0.1) is 0 Å². The van der Waals surface area contributed by atoms with Crippen LogP contribution >= 0.6 is 11.3 Å². The summed E-state index contributed by atoms with van der Waals surface area (Å²) in [5.41, 5.74) is 1.78. The van der Waals surface area contributed by atoms with Gasteiger partial charge >= 0.3 is 0 Å². The Morgan fingerprint density at radius 3 is 3.00 bits per heavy atom. The number of nitrogens with zero attached hydrogens (tertiary/aromatic N) is 1. The van der Waals surface area contributed by atoms with Crippen molar-refractivity contribution in [3.8, 4) is 11.3 Å². The normalized spacial score (nSPS) is 16.0. The molecule has 3 rings (SSSR count). The molecule has 18 heavy (non-hydrogen) atoms. The zero-order valence-corrected chi connectivity index (χ0v) is 10.7. The van der Waals surface area contributed by atoms with Gasteiger partial charge in [0.25, 0.3) is 0 Å². The predicted octanol–water partition coefficient (Wildman–Crippen LogP) is 3.53. The Balaban J connectivity index is 1.68. The van der Waals surface area contributed by atoms with E-state index in [2.05, 4.69) is 10.5 Å². The van der Waals surface area contributed by atoms with E-state index in [0.717, 1.165) is 36.9 Å². The van der Waals surface area contributed by atoms with E-state index in [1.165, 1.54) is 0 Å². The first kappa shape index (κ1) is 11.5. The van der Waals surface area contributed by atoms with Crippen molar-refractivity contribution >= 4 is 23.1 Å². The van der Waals surface area contributed by atoms with Gasteiger partial charge in [-0.1, -0.05) is 18.0 Å². The lowest BCUT2D eigenvalue weighted by atomic mass is 10.1. The van der Waals surface area contributed by atoms with Crippen molar-refractivity contribution in [1.29, 1.82) is 0 Å². The standard InChI is InChI=1S/C13H14N2O2S/c16-13(9-3-1-2-4-9)14-12-7-11(15-17-12)10-5-6-18-8-10/h5-9H,1-4H2,(H,14,16). The molecule has 4 nitrogen and oxygen atoms in total. The first-order valence-corrected chi connectivity index (χ1v) is 7.07. The number of rotatable bonds is 3. The second-order valence-electron chi connectivity index (χ2n) is 4.56. The minimum Gasteiger partial charge on any atom is -0.338 e. The number of amides is 1. The zero-order valence-electron chi connectivity index (χ0n) is 9.89. The van der Waals surface area contributed by atoms with Crippen LogP contribution in [0.3, 0.4) is 0 Å². The van der Waals surface area contributed by atoms with E-state index in [9.17, 15) is 4.79 Å². The van der Waals surface area contributed by atoms with Crippen molar-refractivity contribution in [2.24, 2.45) is 5.92 Å². The van der Waals surface area contributed by atoms with E-state index in [1.54, 1.807) is 17.4 Å². The number of carbonyl (C=O) groups excluding carboxylic acids is 1. The molecule has 0 radical (unpaired) electrons. The minimum atomic E-state index is 0.0560. The number of nitrogens with one attached hydrogen (secondary N) is 1. The lowest BCUT2D eigenvalue weighted by Crippen LogP contribution is -2.19. The van der Waals surface area contributed by atoms with Crippen molar-refractivity contribution in [2.75, 3.05) is 5.32 Å². The molecular formula is C13H14N2O2S. The molecule has 94 valence electrons. The van der Waals surface area contributed by atoms with Gasteiger partial charge in [-0.25, -0.2) is 0 Å². The molecule has 2 heterocycles. The van der Waals surface area contributed by atoms with Crippen LogP contribution in [0.4, 0.5) is 5.88 Å².